The van der Waals surface area contributed by atoms with Gasteiger partial charge in [-0.25, -0.2) is 4.79 Å². The van der Waals surface area contributed by atoms with Crippen molar-refractivity contribution >= 4 is 11.8 Å². The smallest absolute Gasteiger partial charge is 0.335 e. The lowest BCUT2D eigenvalue weighted by molar-refractivity contribution is 0.0697. The van der Waals surface area contributed by atoms with Crippen molar-refractivity contribution in [3.8, 4) is 0 Å². The lowest BCUT2D eigenvalue weighted by Gasteiger charge is -2.06. The van der Waals surface area contributed by atoms with Crippen LogP contribution >= 0.6 is 0 Å². The zero-order valence-corrected chi connectivity index (χ0v) is 10.8. The average Bonchev–Trinajstić information content (AvgIpc) is 2.38. The maximum atomic E-state index is 12.4. The fourth-order valence-corrected chi connectivity index (χ4v) is 2.02. The second-order valence-electron chi connectivity index (χ2n) is 4.53. The number of carboxylic acids is 1. The molecule has 3 heteroatoms. The van der Waals surface area contributed by atoms with Crippen LogP contribution in [-0.4, -0.2) is 16.9 Å². The Morgan fingerprint density at radius 1 is 0.947 bits per heavy atom. The fourth-order valence-electron chi connectivity index (χ4n) is 2.02. The highest BCUT2D eigenvalue weighted by molar-refractivity contribution is 6.10. The molecule has 0 aliphatic rings. The van der Waals surface area contributed by atoms with E-state index < -0.39 is 5.97 Å². The first-order valence-electron chi connectivity index (χ1n) is 5.94. The first-order chi connectivity index (χ1) is 8.99. The third-order valence-electron chi connectivity index (χ3n) is 3.00. The predicted molar refractivity (Wildman–Crippen MR) is 72.7 cm³/mol. The summed E-state index contributed by atoms with van der Waals surface area (Å²) in [5.41, 5.74) is 3.11. The van der Waals surface area contributed by atoms with Crippen molar-refractivity contribution in [3.63, 3.8) is 0 Å². The van der Waals surface area contributed by atoms with Gasteiger partial charge >= 0.3 is 5.97 Å². The number of ketones is 1. The van der Waals surface area contributed by atoms with E-state index in [2.05, 4.69) is 0 Å². The second kappa shape index (κ2) is 5.06. The van der Waals surface area contributed by atoms with Gasteiger partial charge in [0.25, 0.3) is 0 Å². The van der Waals surface area contributed by atoms with Gasteiger partial charge in [0.05, 0.1) is 5.56 Å². The van der Waals surface area contributed by atoms with Crippen molar-refractivity contribution in [2.75, 3.05) is 0 Å². The Balaban J connectivity index is 2.44. The normalized spacial score (nSPS) is 10.2. The molecule has 0 unspecified atom stereocenters. The van der Waals surface area contributed by atoms with Crippen molar-refractivity contribution in [2.24, 2.45) is 0 Å². The quantitative estimate of drug-likeness (QED) is 0.855. The lowest BCUT2D eigenvalue weighted by Crippen LogP contribution is -2.06. The van der Waals surface area contributed by atoms with Gasteiger partial charge in [-0.05, 0) is 31.5 Å². The zero-order valence-electron chi connectivity index (χ0n) is 10.8. The van der Waals surface area contributed by atoms with E-state index in [1.807, 2.05) is 26.0 Å². The Morgan fingerprint density at radius 2 is 1.63 bits per heavy atom. The van der Waals surface area contributed by atoms with E-state index in [1.165, 1.54) is 12.1 Å². The Labute approximate surface area is 111 Å². The van der Waals surface area contributed by atoms with Gasteiger partial charge in [0.2, 0.25) is 0 Å². The molecular formula is C16H14O3. The number of carboxylic acid groups (broad SMARTS) is 1. The van der Waals surface area contributed by atoms with E-state index in [1.54, 1.807) is 18.2 Å². The number of aryl methyl sites for hydroxylation is 2. The lowest BCUT2D eigenvalue weighted by atomic mass is 9.96. The highest BCUT2D eigenvalue weighted by Crippen LogP contribution is 2.16. The number of aromatic carboxylic acids is 1. The Bertz CT molecular complexity index is 657. The maximum absolute atomic E-state index is 12.4. The van der Waals surface area contributed by atoms with Crippen molar-refractivity contribution in [1.29, 1.82) is 0 Å². The van der Waals surface area contributed by atoms with Crippen molar-refractivity contribution < 1.29 is 14.7 Å². The minimum absolute atomic E-state index is 0.121. The van der Waals surface area contributed by atoms with Crippen LogP contribution in [0.2, 0.25) is 0 Å². The van der Waals surface area contributed by atoms with Crippen molar-refractivity contribution in [1.82, 2.24) is 0 Å². The molecule has 0 bridgehead atoms. The van der Waals surface area contributed by atoms with E-state index in [0.717, 1.165) is 11.1 Å². The standard InChI is InChI=1S/C16H14O3/c1-10-6-7-14(11(2)8-10)15(17)12-4-3-5-13(9-12)16(18)19/h3-9H,1-2H3,(H,18,19). The largest absolute Gasteiger partial charge is 0.478 e. The molecule has 3 nitrogen and oxygen atoms in total. The second-order valence-corrected chi connectivity index (χ2v) is 4.53. The molecule has 96 valence electrons. The highest BCUT2D eigenvalue weighted by Gasteiger charge is 2.13. The number of benzene rings is 2. The molecule has 0 aliphatic carbocycles. The van der Waals surface area contributed by atoms with Gasteiger partial charge in [-0.3, -0.25) is 4.79 Å². The summed E-state index contributed by atoms with van der Waals surface area (Å²) < 4.78 is 0. The van der Waals surface area contributed by atoms with Crippen LogP contribution in [-0.2, 0) is 0 Å². The van der Waals surface area contributed by atoms with Gasteiger partial charge in [0.1, 0.15) is 0 Å². The molecule has 0 heterocycles. The first-order valence-corrected chi connectivity index (χ1v) is 5.94. The van der Waals surface area contributed by atoms with Gasteiger partial charge in [-0.1, -0.05) is 35.9 Å². The molecule has 0 saturated heterocycles. The monoisotopic (exact) mass is 254 g/mol. The third-order valence-corrected chi connectivity index (χ3v) is 3.00. The highest BCUT2D eigenvalue weighted by atomic mass is 16.4. The number of carbonyl (C=O) groups excluding carboxylic acids is 1. The Kier molecular flexibility index (Phi) is 3.47. The fraction of sp³-hybridized carbons (Fsp3) is 0.125. The number of carbonyl (C=O) groups is 2. The SMILES string of the molecule is Cc1ccc(C(=O)c2cccc(C(=O)O)c2)c(C)c1. The van der Waals surface area contributed by atoms with Crippen LogP contribution in [0, 0.1) is 13.8 Å². The van der Waals surface area contributed by atoms with Crippen LogP contribution in [0.3, 0.4) is 0 Å². The van der Waals surface area contributed by atoms with E-state index in [9.17, 15) is 9.59 Å². The van der Waals surface area contributed by atoms with Crippen molar-refractivity contribution in [2.45, 2.75) is 13.8 Å². The Morgan fingerprint density at radius 3 is 2.26 bits per heavy atom. The van der Waals surface area contributed by atoms with E-state index in [-0.39, 0.29) is 11.3 Å². The minimum atomic E-state index is -1.03. The Hall–Kier alpha value is -2.42. The van der Waals surface area contributed by atoms with Gasteiger partial charge in [-0.2, -0.15) is 0 Å². The van der Waals surface area contributed by atoms with Crippen LogP contribution in [0.15, 0.2) is 42.5 Å². The summed E-state index contributed by atoms with van der Waals surface area (Å²) in [6.45, 7) is 3.84. The zero-order chi connectivity index (χ0) is 14.0. The molecule has 2 aromatic carbocycles. The van der Waals surface area contributed by atoms with Gasteiger partial charge in [0, 0.05) is 11.1 Å². The van der Waals surface area contributed by atoms with Crippen molar-refractivity contribution in [3.05, 3.63) is 70.3 Å². The minimum Gasteiger partial charge on any atom is -0.478 e. The third kappa shape index (κ3) is 2.71. The topological polar surface area (TPSA) is 54.4 Å². The first kappa shape index (κ1) is 13.0. The number of hydrogen-bond acceptors (Lipinski definition) is 2. The van der Waals surface area contributed by atoms with Gasteiger partial charge in [0.15, 0.2) is 5.78 Å². The van der Waals surface area contributed by atoms with E-state index in [0.29, 0.717) is 11.1 Å². The summed E-state index contributed by atoms with van der Waals surface area (Å²) >= 11 is 0. The van der Waals surface area contributed by atoms with Gasteiger partial charge in [-0.15, -0.1) is 0 Å². The number of hydrogen-bond donors (Lipinski definition) is 1. The molecule has 0 aliphatic heterocycles. The molecule has 19 heavy (non-hydrogen) atoms. The summed E-state index contributed by atoms with van der Waals surface area (Å²) in [5, 5.41) is 8.94. The summed E-state index contributed by atoms with van der Waals surface area (Å²) in [7, 11) is 0. The van der Waals surface area contributed by atoms with E-state index >= 15 is 0 Å². The summed E-state index contributed by atoms with van der Waals surface area (Å²) in [6.07, 6.45) is 0. The average molecular weight is 254 g/mol. The number of rotatable bonds is 3. The maximum Gasteiger partial charge on any atom is 0.335 e. The molecule has 0 fully saturated rings. The summed E-state index contributed by atoms with van der Waals surface area (Å²) in [6, 6.07) is 11.7. The summed E-state index contributed by atoms with van der Waals surface area (Å²) in [4.78, 5) is 23.3. The molecule has 0 saturated carbocycles. The molecule has 0 radical (unpaired) electrons. The molecule has 0 amide bonds. The molecule has 0 spiro atoms. The van der Waals surface area contributed by atoms with Crippen LogP contribution in [0.1, 0.15) is 37.4 Å². The van der Waals surface area contributed by atoms with Crippen LogP contribution in [0.4, 0.5) is 0 Å². The van der Waals surface area contributed by atoms with Crippen LogP contribution in [0.25, 0.3) is 0 Å². The molecule has 0 atom stereocenters. The summed E-state index contributed by atoms with van der Waals surface area (Å²) in [5.74, 6) is -1.18. The molecule has 0 aromatic heterocycles. The van der Waals surface area contributed by atoms with Crippen LogP contribution in [0.5, 0.6) is 0 Å². The predicted octanol–water partition coefficient (Wildman–Crippen LogP) is 3.23. The molecular weight excluding hydrogens is 240 g/mol. The van der Waals surface area contributed by atoms with Crippen LogP contribution < -0.4 is 0 Å². The van der Waals surface area contributed by atoms with E-state index in [4.69, 9.17) is 5.11 Å². The molecule has 2 rings (SSSR count). The van der Waals surface area contributed by atoms with Gasteiger partial charge < -0.3 is 5.11 Å². The molecule has 2 aromatic rings. The molecule has 1 N–H and O–H groups in total.